The average Bonchev–Trinajstić information content (AvgIpc) is 3.01. The maximum absolute atomic E-state index is 12.6. The van der Waals surface area contributed by atoms with E-state index in [9.17, 15) is 9.59 Å². The standard InChI is InChI=1S/C40H74O4/c1-3-5-7-9-11-13-14-15-16-17-18-19-20-21-23-25-27-33-37-40(43)44-38(35-31-28-29-32-36-39(41)42)34-30-26-24-22-12-10-8-6-4-2/h22,24,30,34,38H,3-21,23,25-29,31-33,35-37H2,1-2H3,(H,41,42)/b24-22-,34-30-. The van der Waals surface area contributed by atoms with E-state index in [0.29, 0.717) is 6.42 Å². The van der Waals surface area contributed by atoms with Crippen LogP contribution in [0.1, 0.15) is 213 Å². The molecule has 0 aliphatic rings. The van der Waals surface area contributed by atoms with Crippen molar-refractivity contribution in [2.24, 2.45) is 0 Å². The molecule has 0 aliphatic carbocycles. The molecule has 0 fully saturated rings. The highest BCUT2D eigenvalue weighted by molar-refractivity contribution is 5.69. The largest absolute Gasteiger partial charge is 0.481 e. The van der Waals surface area contributed by atoms with E-state index in [1.165, 1.54) is 128 Å². The Bertz CT molecular complexity index is 668. The fourth-order valence-electron chi connectivity index (χ4n) is 5.78. The minimum absolute atomic E-state index is 0.0755. The SMILES string of the molecule is CCCCCC/C=C\C/C=C\C(CCCCCCC(=O)O)OC(=O)CCCCCCCCCCCCCCCCCCCC. The van der Waals surface area contributed by atoms with Gasteiger partial charge in [-0.1, -0.05) is 173 Å². The molecule has 1 unspecified atom stereocenters. The first-order valence-corrected chi connectivity index (χ1v) is 19.3. The van der Waals surface area contributed by atoms with Crippen molar-refractivity contribution >= 4 is 11.9 Å². The van der Waals surface area contributed by atoms with Gasteiger partial charge in [0.2, 0.25) is 0 Å². The molecule has 0 spiro atoms. The predicted molar refractivity (Wildman–Crippen MR) is 190 cm³/mol. The Balaban J connectivity index is 3.94. The molecule has 1 N–H and O–H groups in total. The van der Waals surface area contributed by atoms with Crippen LogP contribution in [0.4, 0.5) is 0 Å². The first kappa shape index (κ1) is 42.4. The van der Waals surface area contributed by atoms with Gasteiger partial charge in [-0.15, -0.1) is 0 Å². The van der Waals surface area contributed by atoms with Crippen molar-refractivity contribution in [3.05, 3.63) is 24.3 Å². The van der Waals surface area contributed by atoms with Gasteiger partial charge in [-0.2, -0.15) is 0 Å². The smallest absolute Gasteiger partial charge is 0.306 e. The summed E-state index contributed by atoms with van der Waals surface area (Å²) in [7, 11) is 0. The maximum Gasteiger partial charge on any atom is 0.306 e. The van der Waals surface area contributed by atoms with E-state index in [1.807, 2.05) is 0 Å². The van der Waals surface area contributed by atoms with E-state index >= 15 is 0 Å². The zero-order chi connectivity index (χ0) is 32.2. The number of rotatable bonds is 35. The summed E-state index contributed by atoms with van der Waals surface area (Å²) in [5, 5.41) is 8.82. The molecule has 0 aromatic heterocycles. The van der Waals surface area contributed by atoms with E-state index in [1.54, 1.807) is 0 Å². The third-order valence-corrected chi connectivity index (χ3v) is 8.66. The summed E-state index contributed by atoms with van der Waals surface area (Å²) >= 11 is 0. The number of carboxylic acids is 1. The fraction of sp³-hybridized carbons (Fsp3) is 0.850. The van der Waals surface area contributed by atoms with Crippen molar-refractivity contribution in [3.8, 4) is 0 Å². The van der Waals surface area contributed by atoms with Crippen LogP contribution in [0.2, 0.25) is 0 Å². The second kappa shape index (κ2) is 35.9. The van der Waals surface area contributed by atoms with Gasteiger partial charge in [0.1, 0.15) is 6.10 Å². The molecule has 0 aromatic rings. The molecule has 0 bridgehead atoms. The summed E-state index contributed by atoms with van der Waals surface area (Å²) in [6.45, 7) is 4.52. The van der Waals surface area contributed by atoms with E-state index < -0.39 is 5.97 Å². The van der Waals surface area contributed by atoms with E-state index in [0.717, 1.165) is 57.8 Å². The highest BCUT2D eigenvalue weighted by Crippen LogP contribution is 2.16. The number of unbranched alkanes of at least 4 members (excludes halogenated alkanes) is 24. The van der Waals surface area contributed by atoms with Crippen LogP contribution >= 0.6 is 0 Å². The lowest BCUT2D eigenvalue weighted by molar-refractivity contribution is -0.147. The molecule has 258 valence electrons. The molecule has 0 aromatic carbocycles. The van der Waals surface area contributed by atoms with Crippen molar-refractivity contribution in [2.75, 3.05) is 0 Å². The molecule has 4 heteroatoms. The molecule has 0 rings (SSSR count). The number of carbonyl (C=O) groups excluding carboxylic acids is 1. The first-order chi connectivity index (χ1) is 21.6. The Morgan fingerprint density at radius 1 is 0.523 bits per heavy atom. The second-order valence-corrected chi connectivity index (χ2v) is 13.1. The topological polar surface area (TPSA) is 63.6 Å². The number of carboxylic acid groups (broad SMARTS) is 1. The first-order valence-electron chi connectivity index (χ1n) is 19.3. The molecule has 0 aliphatic heterocycles. The number of esters is 1. The summed E-state index contributed by atoms with van der Waals surface area (Å²) in [5.74, 6) is -0.800. The quantitative estimate of drug-likeness (QED) is 0.0436. The summed E-state index contributed by atoms with van der Waals surface area (Å²) in [6.07, 6.45) is 45.0. The Kier molecular flexibility index (Phi) is 34.6. The minimum atomic E-state index is -0.724. The summed E-state index contributed by atoms with van der Waals surface area (Å²) in [4.78, 5) is 23.3. The average molecular weight is 619 g/mol. The van der Waals surface area contributed by atoms with Crippen LogP contribution < -0.4 is 0 Å². The maximum atomic E-state index is 12.6. The second-order valence-electron chi connectivity index (χ2n) is 13.1. The van der Waals surface area contributed by atoms with E-state index in [-0.39, 0.29) is 18.5 Å². The van der Waals surface area contributed by atoms with Gasteiger partial charge in [0.05, 0.1) is 0 Å². The summed E-state index contributed by atoms with van der Waals surface area (Å²) in [6, 6.07) is 0. The van der Waals surface area contributed by atoms with Gasteiger partial charge in [0, 0.05) is 12.8 Å². The molecule has 4 nitrogen and oxygen atoms in total. The Morgan fingerprint density at radius 2 is 0.955 bits per heavy atom. The molecule has 0 radical (unpaired) electrons. The lowest BCUT2D eigenvalue weighted by Crippen LogP contribution is -2.16. The summed E-state index contributed by atoms with van der Waals surface area (Å²) in [5.41, 5.74) is 0. The van der Waals surface area contributed by atoms with Gasteiger partial charge in [0.25, 0.3) is 0 Å². The van der Waals surface area contributed by atoms with E-state index in [2.05, 4.69) is 38.2 Å². The van der Waals surface area contributed by atoms with Crippen LogP contribution in [0.25, 0.3) is 0 Å². The highest BCUT2D eigenvalue weighted by Gasteiger charge is 2.11. The molecule has 0 saturated heterocycles. The molecule has 0 heterocycles. The predicted octanol–water partition coefficient (Wildman–Crippen LogP) is 13.2. The summed E-state index contributed by atoms with van der Waals surface area (Å²) < 4.78 is 5.86. The molecular weight excluding hydrogens is 544 g/mol. The lowest BCUT2D eigenvalue weighted by Gasteiger charge is -2.14. The Labute approximate surface area is 274 Å². The fourth-order valence-corrected chi connectivity index (χ4v) is 5.78. The van der Waals surface area contributed by atoms with Gasteiger partial charge in [-0.3, -0.25) is 9.59 Å². The zero-order valence-corrected chi connectivity index (χ0v) is 29.5. The molecule has 0 saturated carbocycles. The Morgan fingerprint density at radius 3 is 1.45 bits per heavy atom. The Hall–Kier alpha value is -1.58. The number of aliphatic carboxylic acids is 1. The number of hydrogen-bond donors (Lipinski definition) is 1. The number of carbonyl (C=O) groups is 2. The zero-order valence-electron chi connectivity index (χ0n) is 29.5. The van der Waals surface area contributed by atoms with Crippen LogP contribution in [0.3, 0.4) is 0 Å². The third kappa shape index (κ3) is 34.9. The van der Waals surface area contributed by atoms with Gasteiger partial charge >= 0.3 is 11.9 Å². The molecule has 0 amide bonds. The molecule has 1 atom stereocenters. The van der Waals surface area contributed by atoms with Crippen LogP contribution in [0, 0.1) is 0 Å². The van der Waals surface area contributed by atoms with Crippen LogP contribution in [0.15, 0.2) is 24.3 Å². The van der Waals surface area contributed by atoms with Gasteiger partial charge in [0.15, 0.2) is 0 Å². The van der Waals surface area contributed by atoms with Crippen molar-refractivity contribution in [2.45, 2.75) is 219 Å². The number of ether oxygens (including phenoxy) is 1. The monoisotopic (exact) mass is 619 g/mol. The normalized spacial score (nSPS) is 12.4. The van der Waals surface area contributed by atoms with Crippen molar-refractivity contribution in [3.63, 3.8) is 0 Å². The highest BCUT2D eigenvalue weighted by atomic mass is 16.5. The van der Waals surface area contributed by atoms with Crippen LogP contribution in [-0.4, -0.2) is 23.1 Å². The van der Waals surface area contributed by atoms with Crippen molar-refractivity contribution < 1.29 is 19.4 Å². The van der Waals surface area contributed by atoms with Gasteiger partial charge in [-0.25, -0.2) is 0 Å². The minimum Gasteiger partial charge on any atom is -0.481 e. The van der Waals surface area contributed by atoms with Gasteiger partial charge in [-0.05, 0) is 51.0 Å². The molecule has 44 heavy (non-hydrogen) atoms. The lowest BCUT2D eigenvalue weighted by atomic mass is 10.0. The van der Waals surface area contributed by atoms with Gasteiger partial charge < -0.3 is 9.84 Å². The third-order valence-electron chi connectivity index (χ3n) is 8.66. The van der Waals surface area contributed by atoms with Crippen LogP contribution in [0.5, 0.6) is 0 Å². The van der Waals surface area contributed by atoms with E-state index in [4.69, 9.17) is 9.84 Å². The number of allylic oxidation sites excluding steroid dienone is 3. The van der Waals surface area contributed by atoms with Crippen molar-refractivity contribution in [1.82, 2.24) is 0 Å². The van der Waals surface area contributed by atoms with Crippen LogP contribution in [-0.2, 0) is 14.3 Å². The molecular formula is C40H74O4. The number of hydrogen-bond acceptors (Lipinski definition) is 3. The van der Waals surface area contributed by atoms with Crippen molar-refractivity contribution in [1.29, 1.82) is 0 Å².